The predicted molar refractivity (Wildman–Crippen MR) is 107 cm³/mol. The Morgan fingerprint density at radius 2 is 2.14 bits per heavy atom. The average Bonchev–Trinajstić information content (AvgIpc) is 3.44. The number of nitrogens with one attached hydrogen (secondary N) is 1. The molecule has 4 rings (SSSR count). The highest BCUT2D eigenvalue weighted by Gasteiger charge is 2.31. The Bertz CT molecular complexity index is 1140. The lowest BCUT2D eigenvalue weighted by molar-refractivity contribution is -0.117. The molecule has 7 nitrogen and oxygen atoms in total. The van der Waals surface area contributed by atoms with Gasteiger partial charge in [-0.1, -0.05) is 12.1 Å². The molecule has 0 aliphatic heterocycles. The van der Waals surface area contributed by atoms with Gasteiger partial charge in [-0.2, -0.15) is 9.78 Å². The van der Waals surface area contributed by atoms with Crippen LogP contribution in [0.2, 0.25) is 0 Å². The Labute approximate surface area is 164 Å². The van der Waals surface area contributed by atoms with Gasteiger partial charge in [0.25, 0.3) is 5.56 Å². The van der Waals surface area contributed by atoms with Gasteiger partial charge in [-0.3, -0.25) is 9.59 Å². The Morgan fingerprint density at radius 1 is 1.36 bits per heavy atom. The van der Waals surface area contributed by atoms with Gasteiger partial charge in [-0.25, -0.2) is 4.79 Å². The molecule has 144 valence electrons. The first-order valence-electron chi connectivity index (χ1n) is 9.09. The fourth-order valence-electron chi connectivity index (χ4n) is 2.99. The summed E-state index contributed by atoms with van der Waals surface area (Å²) in [5.41, 5.74) is 1.17. The third kappa shape index (κ3) is 3.31. The number of thiophene rings is 1. The van der Waals surface area contributed by atoms with Crippen LogP contribution in [0, 0.1) is 12.8 Å². The van der Waals surface area contributed by atoms with Gasteiger partial charge in [-0.05, 0) is 44.4 Å². The zero-order valence-corrected chi connectivity index (χ0v) is 16.3. The number of anilines is 1. The number of hydrogen-bond donors (Lipinski definition) is 1. The van der Waals surface area contributed by atoms with Crippen molar-refractivity contribution >= 4 is 39.0 Å². The fraction of sp³-hybridized carbons (Fsp3) is 0.300. The summed E-state index contributed by atoms with van der Waals surface area (Å²) in [6.07, 6.45) is 1.72. The number of aromatic nitrogens is 2. The maximum atomic E-state index is 13.2. The van der Waals surface area contributed by atoms with Gasteiger partial charge in [0.05, 0.1) is 17.7 Å². The van der Waals surface area contributed by atoms with Crippen LogP contribution in [0.15, 0.2) is 34.4 Å². The van der Waals surface area contributed by atoms with Gasteiger partial charge < -0.3 is 10.1 Å². The van der Waals surface area contributed by atoms with E-state index in [-0.39, 0.29) is 35.1 Å². The highest BCUT2D eigenvalue weighted by molar-refractivity contribution is 7.16. The number of nitrogens with zero attached hydrogens (tertiary/aromatic N) is 2. The molecular formula is C20H19N3O4S. The molecule has 3 aromatic rings. The van der Waals surface area contributed by atoms with Crippen LogP contribution in [0.3, 0.4) is 0 Å². The van der Waals surface area contributed by atoms with E-state index in [4.69, 9.17) is 4.74 Å². The van der Waals surface area contributed by atoms with Crippen molar-refractivity contribution in [3.05, 3.63) is 51.3 Å². The van der Waals surface area contributed by atoms with Crippen molar-refractivity contribution in [2.75, 3.05) is 11.9 Å². The van der Waals surface area contributed by atoms with Crippen LogP contribution in [-0.4, -0.2) is 28.3 Å². The molecule has 1 aliphatic rings. The number of carbonyl (C=O) groups is 2. The standard InChI is InChI=1S/C20H19N3O4S/c1-3-27-20(26)16-14-10-28-18(21-17(24)12-7-8-12)15(14)19(25)23(22-16)13-6-4-5-11(2)9-13/h4-6,9-10,12H,3,7-8H2,1-2H3,(H,21,24). The summed E-state index contributed by atoms with van der Waals surface area (Å²) in [6.45, 7) is 3.81. The van der Waals surface area contributed by atoms with E-state index < -0.39 is 5.97 Å². The number of ether oxygens (including phenoxy) is 1. The van der Waals surface area contributed by atoms with Crippen molar-refractivity contribution < 1.29 is 14.3 Å². The summed E-state index contributed by atoms with van der Waals surface area (Å²) < 4.78 is 6.33. The minimum absolute atomic E-state index is 0.00233. The molecule has 1 saturated carbocycles. The molecule has 28 heavy (non-hydrogen) atoms. The summed E-state index contributed by atoms with van der Waals surface area (Å²) in [4.78, 5) is 37.9. The first-order chi connectivity index (χ1) is 13.5. The Balaban J connectivity index is 1.93. The molecule has 1 fully saturated rings. The number of esters is 1. The Kier molecular flexibility index (Phi) is 4.72. The predicted octanol–water partition coefficient (Wildman–Crippen LogP) is 3.28. The van der Waals surface area contributed by atoms with Crippen molar-refractivity contribution in [1.82, 2.24) is 9.78 Å². The second-order valence-electron chi connectivity index (χ2n) is 6.74. The van der Waals surface area contributed by atoms with Crippen molar-refractivity contribution in [3.8, 4) is 5.69 Å². The molecule has 1 amide bonds. The third-order valence-corrected chi connectivity index (χ3v) is 5.45. The molecule has 1 N–H and O–H groups in total. The van der Waals surface area contributed by atoms with Gasteiger partial charge in [0, 0.05) is 16.7 Å². The van der Waals surface area contributed by atoms with Gasteiger partial charge in [0.2, 0.25) is 5.91 Å². The van der Waals surface area contributed by atoms with Crippen molar-refractivity contribution in [3.63, 3.8) is 0 Å². The van der Waals surface area contributed by atoms with Crippen LogP contribution in [-0.2, 0) is 9.53 Å². The zero-order valence-electron chi connectivity index (χ0n) is 15.5. The molecule has 0 saturated heterocycles. The summed E-state index contributed by atoms with van der Waals surface area (Å²) in [7, 11) is 0. The second kappa shape index (κ2) is 7.20. The maximum absolute atomic E-state index is 13.2. The number of aryl methyl sites for hydroxylation is 1. The van der Waals surface area contributed by atoms with Crippen molar-refractivity contribution in [1.29, 1.82) is 0 Å². The number of benzene rings is 1. The molecule has 0 atom stereocenters. The maximum Gasteiger partial charge on any atom is 0.359 e. The molecule has 0 bridgehead atoms. The van der Waals surface area contributed by atoms with E-state index in [1.165, 1.54) is 16.0 Å². The van der Waals surface area contributed by atoms with Crippen LogP contribution < -0.4 is 10.9 Å². The van der Waals surface area contributed by atoms with Crippen molar-refractivity contribution in [2.45, 2.75) is 26.7 Å². The summed E-state index contributed by atoms with van der Waals surface area (Å²) in [6, 6.07) is 7.28. The number of amides is 1. The van der Waals surface area contributed by atoms with Crippen LogP contribution in [0.4, 0.5) is 5.00 Å². The smallest absolute Gasteiger partial charge is 0.359 e. The van der Waals surface area contributed by atoms with E-state index in [1.807, 2.05) is 25.1 Å². The number of fused-ring (bicyclic) bond motifs is 1. The first-order valence-corrected chi connectivity index (χ1v) is 9.97. The Hall–Kier alpha value is -3.00. The molecule has 1 aliphatic carbocycles. The summed E-state index contributed by atoms with van der Waals surface area (Å²) in [5.74, 6) is -0.700. The van der Waals surface area contributed by atoms with E-state index in [2.05, 4.69) is 10.4 Å². The summed E-state index contributed by atoms with van der Waals surface area (Å²) >= 11 is 1.21. The molecule has 1 aromatic carbocycles. The van der Waals surface area contributed by atoms with Crippen LogP contribution >= 0.6 is 11.3 Å². The highest BCUT2D eigenvalue weighted by Crippen LogP contribution is 2.34. The van der Waals surface area contributed by atoms with Crippen LogP contribution in [0.5, 0.6) is 0 Å². The van der Waals surface area contributed by atoms with Gasteiger partial charge >= 0.3 is 5.97 Å². The lowest BCUT2D eigenvalue weighted by Gasteiger charge is -2.10. The lowest BCUT2D eigenvalue weighted by atomic mass is 10.2. The third-order valence-electron chi connectivity index (χ3n) is 4.55. The van der Waals surface area contributed by atoms with Gasteiger partial charge in [0.1, 0.15) is 5.00 Å². The monoisotopic (exact) mass is 397 g/mol. The molecule has 0 unspecified atom stereocenters. The largest absolute Gasteiger partial charge is 0.461 e. The second-order valence-corrected chi connectivity index (χ2v) is 7.62. The quantitative estimate of drug-likeness (QED) is 0.667. The van der Waals surface area contributed by atoms with E-state index in [1.54, 1.807) is 18.4 Å². The fourth-order valence-corrected chi connectivity index (χ4v) is 3.93. The normalized spacial score (nSPS) is 13.5. The highest BCUT2D eigenvalue weighted by atomic mass is 32.1. The molecule has 8 heteroatoms. The molecule has 2 heterocycles. The van der Waals surface area contributed by atoms with E-state index in [9.17, 15) is 14.4 Å². The van der Waals surface area contributed by atoms with Crippen molar-refractivity contribution in [2.24, 2.45) is 5.92 Å². The number of carbonyl (C=O) groups excluding carboxylic acids is 2. The van der Waals surface area contributed by atoms with E-state index in [0.717, 1.165) is 18.4 Å². The molecular weight excluding hydrogens is 378 g/mol. The minimum Gasteiger partial charge on any atom is -0.461 e. The average molecular weight is 397 g/mol. The van der Waals surface area contributed by atoms with Gasteiger partial charge in [-0.15, -0.1) is 11.3 Å². The molecule has 2 aromatic heterocycles. The van der Waals surface area contributed by atoms with E-state index >= 15 is 0 Å². The Morgan fingerprint density at radius 3 is 2.82 bits per heavy atom. The topological polar surface area (TPSA) is 90.3 Å². The number of hydrogen-bond acceptors (Lipinski definition) is 6. The molecule has 0 radical (unpaired) electrons. The molecule has 0 spiro atoms. The minimum atomic E-state index is -0.605. The van der Waals surface area contributed by atoms with Crippen LogP contribution in [0.1, 0.15) is 35.8 Å². The first kappa shape index (κ1) is 18.4. The SMILES string of the molecule is CCOC(=O)c1nn(-c2cccc(C)c2)c(=O)c2c(NC(=O)C3CC3)scc12. The lowest BCUT2D eigenvalue weighted by Crippen LogP contribution is -2.25. The summed E-state index contributed by atoms with van der Waals surface area (Å²) in [5, 5.41) is 9.91. The van der Waals surface area contributed by atoms with E-state index in [0.29, 0.717) is 16.1 Å². The van der Waals surface area contributed by atoms with Crippen LogP contribution in [0.25, 0.3) is 16.5 Å². The zero-order chi connectivity index (χ0) is 19.8. The van der Waals surface area contributed by atoms with Gasteiger partial charge in [0.15, 0.2) is 5.69 Å². The number of rotatable bonds is 5.